The van der Waals surface area contributed by atoms with Gasteiger partial charge in [-0.3, -0.25) is 19.7 Å². The summed E-state index contributed by atoms with van der Waals surface area (Å²) in [5.74, 6) is 1.01. The van der Waals surface area contributed by atoms with Crippen LogP contribution in [0, 0.1) is 50.5 Å². The summed E-state index contributed by atoms with van der Waals surface area (Å²) in [7, 11) is 0. The fraction of sp³-hybridized carbons (Fsp3) is 0.833. The molecule has 6 heteroatoms. The predicted molar refractivity (Wildman–Crippen MR) is 112 cm³/mol. The Labute approximate surface area is 179 Å². The van der Waals surface area contributed by atoms with E-state index < -0.39 is 0 Å². The Morgan fingerprint density at radius 3 is 2.57 bits per heavy atom. The van der Waals surface area contributed by atoms with Crippen LogP contribution in [-0.2, 0) is 14.3 Å². The number of allylic oxidation sites excluding steroid dienone is 1. The van der Waals surface area contributed by atoms with E-state index in [1.54, 1.807) is 6.92 Å². The zero-order chi connectivity index (χ0) is 21.8. The maximum absolute atomic E-state index is 12.6. The van der Waals surface area contributed by atoms with Crippen molar-refractivity contribution in [3.8, 4) is 0 Å². The monoisotopic (exact) mass is 417 g/mol. The Morgan fingerprint density at radius 1 is 1.20 bits per heavy atom. The molecule has 3 saturated carbocycles. The summed E-state index contributed by atoms with van der Waals surface area (Å²) < 4.78 is 5.52. The lowest BCUT2D eigenvalue weighted by molar-refractivity contribution is -0.489. The van der Waals surface area contributed by atoms with Crippen molar-refractivity contribution in [1.29, 1.82) is 0 Å². The van der Waals surface area contributed by atoms with Crippen molar-refractivity contribution in [1.82, 2.24) is 0 Å². The second-order valence-corrected chi connectivity index (χ2v) is 10.9. The van der Waals surface area contributed by atoms with E-state index in [0.717, 1.165) is 44.9 Å². The summed E-state index contributed by atoms with van der Waals surface area (Å²) in [5, 5.41) is 11.3. The molecule has 0 saturated heterocycles. The fourth-order valence-corrected chi connectivity index (χ4v) is 8.31. The second kappa shape index (κ2) is 7.45. The molecule has 0 amide bonds. The van der Waals surface area contributed by atoms with Gasteiger partial charge >= 0.3 is 5.97 Å². The van der Waals surface area contributed by atoms with Gasteiger partial charge in [0.05, 0.1) is 0 Å². The quantitative estimate of drug-likeness (QED) is 0.289. The third-order valence-corrected chi connectivity index (χ3v) is 9.39. The van der Waals surface area contributed by atoms with E-state index in [-0.39, 0.29) is 52.0 Å². The standard InChI is InChI=1S/C24H35NO5/c1-14(26)22-16(13-25(28)29)11-21-19-6-5-17-12-18(30-15(2)27)7-9-23(17,3)20(19)8-10-24(21,22)4/h5,16,18-22H,6-13H2,1-4H3/t16-,18-,19+,20-,21-,22-,23-,24-/m0/s1. The number of carbonyl (C=O) groups is 2. The number of ether oxygens (including phenoxy) is 1. The van der Waals surface area contributed by atoms with Crippen LogP contribution in [0.1, 0.15) is 72.6 Å². The Hall–Kier alpha value is -1.72. The third kappa shape index (κ3) is 3.31. The molecule has 6 nitrogen and oxygen atoms in total. The van der Waals surface area contributed by atoms with Crippen LogP contribution >= 0.6 is 0 Å². The number of nitrogens with zero attached hydrogens (tertiary/aromatic N) is 1. The van der Waals surface area contributed by atoms with Crippen molar-refractivity contribution in [3.05, 3.63) is 21.8 Å². The van der Waals surface area contributed by atoms with Crippen molar-refractivity contribution in [3.63, 3.8) is 0 Å². The highest BCUT2D eigenvalue weighted by Gasteiger charge is 2.62. The first-order valence-electron chi connectivity index (χ1n) is 11.5. The largest absolute Gasteiger partial charge is 0.462 e. The highest BCUT2D eigenvalue weighted by atomic mass is 16.6. The summed E-state index contributed by atoms with van der Waals surface area (Å²) in [6.07, 6.45) is 8.98. The summed E-state index contributed by atoms with van der Waals surface area (Å²) in [6.45, 7) is 7.64. The third-order valence-electron chi connectivity index (χ3n) is 9.39. The van der Waals surface area contributed by atoms with Gasteiger partial charge in [0.15, 0.2) is 0 Å². The lowest BCUT2D eigenvalue weighted by Crippen LogP contribution is -2.51. The van der Waals surface area contributed by atoms with Gasteiger partial charge in [-0.2, -0.15) is 0 Å². The maximum atomic E-state index is 12.6. The van der Waals surface area contributed by atoms with Crippen molar-refractivity contribution >= 4 is 11.8 Å². The molecule has 0 heterocycles. The van der Waals surface area contributed by atoms with Crippen LogP contribution in [0.3, 0.4) is 0 Å². The lowest BCUT2D eigenvalue weighted by Gasteiger charge is -2.58. The molecule has 0 aromatic heterocycles. The van der Waals surface area contributed by atoms with Gasteiger partial charge in [0.1, 0.15) is 11.9 Å². The molecular weight excluding hydrogens is 382 g/mol. The smallest absolute Gasteiger partial charge is 0.302 e. The Kier molecular flexibility index (Phi) is 5.34. The van der Waals surface area contributed by atoms with Crippen LogP contribution in [0.15, 0.2) is 11.6 Å². The number of esters is 1. The van der Waals surface area contributed by atoms with Gasteiger partial charge in [0, 0.05) is 30.1 Å². The van der Waals surface area contributed by atoms with Gasteiger partial charge in [-0.25, -0.2) is 0 Å². The van der Waals surface area contributed by atoms with Crippen LogP contribution in [-0.4, -0.2) is 29.3 Å². The number of hydrogen-bond acceptors (Lipinski definition) is 5. The first-order chi connectivity index (χ1) is 14.1. The molecule has 0 radical (unpaired) electrons. The normalized spacial score (nSPS) is 44.9. The van der Waals surface area contributed by atoms with E-state index in [0.29, 0.717) is 17.8 Å². The highest BCUT2D eigenvalue weighted by Crippen LogP contribution is 2.67. The molecule has 4 aliphatic carbocycles. The molecule has 4 rings (SSSR count). The van der Waals surface area contributed by atoms with Gasteiger partial charge in [-0.05, 0) is 74.0 Å². The number of hydrogen-bond donors (Lipinski definition) is 0. The van der Waals surface area contributed by atoms with Crippen LogP contribution in [0.5, 0.6) is 0 Å². The molecule has 0 bridgehead atoms. The van der Waals surface area contributed by atoms with E-state index >= 15 is 0 Å². The average Bonchev–Trinajstić information content (AvgIpc) is 2.92. The number of nitro groups is 1. The number of rotatable bonds is 4. The van der Waals surface area contributed by atoms with Gasteiger partial charge in [0.2, 0.25) is 6.54 Å². The summed E-state index contributed by atoms with van der Waals surface area (Å²) >= 11 is 0. The molecule has 4 aliphatic rings. The SMILES string of the molecule is CC(=O)O[C@H]1CC[C@@]2(C)C(=CC[C@H]3[C@@H]4C[C@@H](C[N+](=O)[O-])[C@H](C(C)=O)[C@@]4(C)CC[C@@H]32)C1. The molecule has 0 aromatic rings. The van der Waals surface area contributed by atoms with Crippen LogP contribution in [0.2, 0.25) is 0 Å². The van der Waals surface area contributed by atoms with Gasteiger partial charge in [0.25, 0.3) is 0 Å². The molecule has 8 atom stereocenters. The fourth-order valence-electron chi connectivity index (χ4n) is 8.31. The Morgan fingerprint density at radius 2 is 1.93 bits per heavy atom. The minimum Gasteiger partial charge on any atom is -0.462 e. The summed E-state index contributed by atoms with van der Waals surface area (Å²) in [4.78, 5) is 35.1. The Bertz CT molecular complexity index is 790. The Balaban J connectivity index is 1.61. The minimum atomic E-state index is -0.227. The van der Waals surface area contributed by atoms with Gasteiger partial charge in [-0.15, -0.1) is 0 Å². The van der Waals surface area contributed by atoms with Crippen molar-refractivity contribution in [2.75, 3.05) is 6.54 Å². The van der Waals surface area contributed by atoms with E-state index in [1.807, 2.05) is 0 Å². The van der Waals surface area contributed by atoms with Crippen molar-refractivity contribution < 1.29 is 19.2 Å². The number of carbonyl (C=O) groups excluding carboxylic acids is 2. The van der Waals surface area contributed by atoms with Crippen molar-refractivity contribution in [2.45, 2.75) is 78.7 Å². The topological polar surface area (TPSA) is 86.5 Å². The van der Waals surface area contributed by atoms with E-state index in [1.165, 1.54) is 12.5 Å². The molecule has 0 unspecified atom stereocenters. The second-order valence-electron chi connectivity index (χ2n) is 10.9. The lowest BCUT2D eigenvalue weighted by atomic mass is 9.47. The zero-order valence-electron chi connectivity index (χ0n) is 18.7. The number of fused-ring (bicyclic) bond motifs is 5. The zero-order valence-corrected chi connectivity index (χ0v) is 18.7. The molecule has 3 fully saturated rings. The minimum absolute atomic E-state index is 0.00900. The highest BCUT2D eigenvalue weighted by molar-refractivity contribution is 5.80. The molecule has 0 aromatic carbocycles. The molecule has 0 spiro atoms. The van der Waals surface area contributed by atoms with E-state index in [9.17, 15) is 19.7 Å². The first kappa shape index (κ1) is 21.5. The molecular formula is C24H35NO5. The molecule has 0 aliphatic heterocycles. The summed E-state index contributed by atoms with van der Waals surface area (Å²) in [5.41, 5.74) is 1.44. The van der Waals surface area contributed by atoms with Gasteiger partial charge in [-0.1, -0.05) is 25.5 Å². The first-order valence-corrected chi connectivity index (χ1v) is 11.5. The summed E-state index contributed by atoms with van der Waals surface area (Å²) in [6, 6.07) is 0. The van der Waals surface area contributed by atoms with Crippen LogP contribution < -0.4 is 0 Å². The van der Waals surface area contributed by atoms with E-state index in [4.69, 9.17) is 4.74 Å². The average molecular weight is 418 g/mol. The molecule has 166 valence electrons. The van der Waals surface area contributed by atoms with E-state index in [2.05, 4.69) is 19.9 Å². The number of ketones is 1. The molecule has 30 heavy (non-hydrogen) atoms. The molecule has 0 N–H and O–H groups in total. The number of Topliss-reactive ketones (excluding diaryl/α,β-unsaturated/α-hetero) is 1. The van der Waals surface area contributed by atoms with Crippen LogP contribution in [0.4, 0.5) is 0 Å². The predicted octanol–water partition coefficient (Wildman–Crippen LogP) is 4.59. The maximum Gasteiger partial charge on any atom is 0.302 e. The van der Waals surface area contributed by atoms with Gasteiger partial charge < -0.3 is 4.74 Å². The van der Waals surface area contributed by atoms with Crippen LogP contribution in [0.25, 0.3) is 0 Å². The van der Waals surface area contributed by atoms with Crippen molar-refractivity contribution in [2.24, 2.45) is 40.4 Å².